The number of methoxy groups -OCH3 is 1. The lowest BCUT2D eigenvalue weighted by Gasteiger charge is -2.20. The Morgan fingerprint density at radius 3 is 2.41 bits per heavy atom. The van der Waals surface area contributed by atoms with E-state index >= 15 is 0 Å². The summed E-state index contributed by atoms with van der Waals surface area (Å²) in [4.78, 5) is 16.4. The third kappa shape index (κ3) is 11.1. The molecule has 7 heteroatoms. The van der Waals surface area contributed by atoms with Crippen LogP contribution in [0.25, 0.3) is 0 Å². The Morgan fingerprint density at radius 2 is 1.85 bits per heavy atom. The van der Waals surface area contributed by atoms with Crippen LogP contribution in [0.3, 0.4) is 0 Å². The summed E-state index contributed by atoms with van der Waals surface area (Å²) in [5.74, 6) is 1.24. The standard InChI is InChI=1S/C20H34N4O3/c1-15(2)27-17-10-8-16(9-11-17)23-19(21-12-7-13-26-6)22-14-18(25)24-20(3,4)5/h8-11,15H,7,12-14H2,1-6H3,(H,24,25)(H2,21,22,23). The zero-order valence-corrected chi connectivity index (χ0v) is 17.4. The number of benzene rings is 1. The number of guanidine groups is 1. The van der Waals surface area contributed by atoms with Crippen LogP contribution in [0.5, 0.6) is 5.75 Å². The highest BCUT2D eigenvalue weighted by molar-refractivity contribution is 5.95. The van der Waals surface area contributed by atoms with Crippen LogP contribution in [0, 0.1) is 0 Å². The first-order valence-electron chi connectivity index (χ1n) is 9.31. The molecule has 0 aliphatic heterocycles. The third-order valence-corrected chi connectivity index (χ3v) is 3.20. The zero-order chi connectivity index (χ0) is 20.3. The van der Waals surface area contributed by atoms with Gasteiger partial charge >= 0.3 is 0 Å². The maximum absolute atomic E-state index is 12.0. The fourth-order valence-corrected chi connectivity index (χ4v) is 2.20. The summed E-state index contributed by atoms with van der Waals surface area (Å²) >= 11 is 0. The van der Waals surface area contributed by atoms with Crippen molar-refractivity contribution >= 4 is 17.6 Å². The van der Waals surface area contributed by atoms with Crippen molar-refractivity contribution in [2.75, 3.05) is 32.1 Å². The van der Waals surface area contributed by atoms with Crippen molar-refractivity contribution in [2.24, 2.45) is 4.99 Å². The van der Waals surface area contributed by atoms with Crippen molar-refractivity contribution in [1.82, 2.24) is 10.6 Å². The van der Waals surface area contributed by atoms with Crippen LogP contribution >= 0.6 is 0 Å². The Balaban J connectivity index is 2.72. The molecule has 1 amide bonds. The number of nitrogens with one attached hydrogen (secondary N) is 3. The first-order valence-corrected chi connectivity index (χ1v) is 9.31. The van der Waals surface area contributed by atoms with Crippen LogP contribution < -0.4 is 20.7 Å². The smallest absolute Gasteiger partial charge is 0.242 e. The van der Waals surface area contributed by atoms with Gasteiger partial charge in [-0.1, -0.05) is 0 Å². The van der Waals surface area contributed by atoms with Gasteiger partial charge in [0.1, 0.15) is 12.3 Å². The average molecular weight is 379 g/mol. The quantitative estimate of drug-likeness (QED) is 0.350. The minimum absolute atomic E-state index is 0.0470. The molecule has 0 radical (unpaired) electrons. The van der Waals surface area contributed by atoms with Gasteiger partial charge < -0.3 is 25.4 Å². The van der Waals surface area contributed by atoms with Crippen molar-refractivity contribution in [1.29, 1.82) is 0 Å². The van der Waals surface area contributed by atoms with Gasteiger partial charge in [0.05, 0.1) is 6.10 Å². The molecule has 1 aromatic rings. The predicted molar refractivity (Wildman–Crippen MR) is 111 cm³/mol. The lowest BCUT2D eigenvalue weighted by atomic mass is 10.1. The second-order valence-corrected chi connectivity index (χ2v) is 7.55. The van der Waals surface area contributed by atoms with Crippen LogP contribution in [0.4, 0.5) is 5.69 Å². The number of aliphatic imine (C=N–C) groups is 1. The number of hydrogen-bond acceptors (Lipinski definition) is 4. The molecule has 27 heavy (non-hydrogen) atoms. The van der Waals surface area contributed by atoms with E-state index < -0.39 is 0 Å². The highest BCUT2D eigenvalue weighted by Crippen LogP contribution is 2.16. The van der Waals surface area contributed by atoms with Gasteiger partial charge in [-0.15, -0.1) is 0 Å². The Bertz CT molecular complexity index is 592. The maximum atomic E-state index is 12.0. The molecule has 0 spiro atoms. The van der Waals surface area contributed by atoms with E-state index in [9.17, 15) is 4.79 Å². The van der Waals surface area contributed by atoms with Crippen LogP contribution in [0.1, 0.15) is 41.0 Å². The number of ether oxygens (including phenoxy) is 2. The molecular formula is C20H34N4O3. The van der Waals surface area contributed by atoms with Crippen LogP contribution in [0.15, 0.2) is 29.3 Å². The molecule has 152 valence electrons. The monoisotopic (exact) mass is 378 g/mol. The van der Waals surface area contributed by atoms with Crippen LogP contribution in [-0.2, 0) is 9.53 Å². The Morgan fingerprint density at radius 1 is 1.19 bits per heavy atom. The van der Waals surface area contributed by atoms with E-state index in [4.69, 9.17) is 9.47 Å². The second kappa shape index (κ2) is 11.4. The van der Waals surface area contributed by atoms with Gasteiger partial charge in [-0.25, -0.2) is 4.99 Å². The third-order valence-electron chi connectivity index (χ3n) is 3.20. The molecule has 0 heterocycles. The predicted octanol–water partition coefficient (Wildman–Crippen LogP) is 2.78. The summed E-state index contributed by atoms with van der Waals surface area (Å²) in [7, 11) is 1.67. The summed E-state index contributed by atoms with van der Waals surface area (Å²) < 4.78 is 10.7. The lowest BCUT2D eigenvalue weighted by Crippen LogP contribution is -2.42. The molecule has 0 aliphatic rings. The van der Waals surface area contributed by atoms with Gasteiger partial charge in [0.15, 0.2) is 5.96 Å². The lowest BCUT2D eigenvalue weighted by molar-refractivity contribution is -0.121. The molecule has 0 aromatic heterocycles. The number of amides is 1. The minimum Gasteiger partial charge on any atom is -0.491 e. The number of nitrogens with zero attached hydrogens (tertiary/aromatic N) is 1. The van der Waals surface area contributed by atoms with Gasteiger partial charge in [0.2, 0.25) is 5.91 Å². The van der Waals surface area contributed by atoms with Gasteiger partial charge in [-0.2, -0.15) is 0 Å². The van der Waals surface area contributed by atoms with E-state index in [0.717, 1.165) is 17.9 Å². The number of carbonyl (C=O) groups excluding carboxylic acids is 1. The highest BCUT2D eigenvalue weighted by atomic mass is 16.5. The van der Waals surface area contributed by atoms with Crippen molar-refractivity contribution in [3.8, 4) is 5.75 Å². The van der Waals surface area contributed by atoms with E-state index in [1.807, 2.05) is 58.9 Å². The van der Waals surface area contributed by atoms with E-state index in [2.05, 4.69) is 20.9 Å². The molecule has 1 rings (SSSR count). The van der Waals surface area contributed by atoms with Crippen molar-refractivity contribution < 1.29 is 14.3 Å². The number of hydrogen-bond donors (Lipinski definition) is 3. The van der Waals surface area contributed by atoms with Gasteiger partial charge in [-0.3, -0.25) is 4.79 Å². The van der Waals surface area contributed by atoms with E-state index in [-0.39, 0.29) is 24.1 Å². The molecule has 7 nitrogen and oxygen atoms in total. The number of carbonyl (C=O) groups is 1. The van der Waals surface area contributed by atoms with Gasteiger partial charge in [0.25, 0.3) is 0 Å². The van der Waals surface area contributed by atoms with Crippen LogP contribution in [0.2, 0.25) is 0 Å². The normalized spacial score (nSPS) is 12.0. The molecule has 0 saturated carbocycles. The fourth-order valence-electron chi connectivity index (χ4n) is 2.20. The topological polar surface area (TPSA) is 84.0 Å². The van der Waals surface area contributed by atoms with E-state index in [1.165, 1.54) is 0 Å². The van der Waals surface area contributed by atoms with Gasteiger partial charge in [0, 0.05) is 31.5 Å². The number of rotatable bonds is 9. The van der Waals surface area contributed by atoms with Gasteiger partial charge in [-0.05, 0) is 65.3 Å². The summed E-state index contributed by atoms with van der Waals surface area (Å²) in [6, 6.07) is 7.63. The Hall–Kier alpha value is -2.28. The molecule has 0 aliphatic carbocycles. The van der Waals surface area contributed by atoms with E-state index in [0.29, 0.717) is 19.1 Å². The van der Waals surface area contributed by atoms with E-state index in [1.54, 1.807) is 7.11 Å². The first-order chi connectivity index (χ1) is 12.7. The maximum Gasteiger partial charge on any atom is 0.242 e. The zero-order valence-electron chi connectivity index (χ0n) is 17.4. The largest absolute Gasteiger partial charge is 0.491 e. The molecule has 0 unspecified atom stereocenters. The van der Waals surface area contributed by atoms with Crippen molar-refractivity contribution in [3.63, 3.8) is 0 Å². The fraction of sp³-hybridized carbons (Fsp3) is 0.600. The summed E-state index contributed by atoms with van der Waals surface area (Å²) in [6.45, 7) is 11.2. The molecule has 3 N–H and O–H groups in total. The molecular weight excluding hydrogens is 344 g/mol. The summed E-state index contributed by atoms with van der Waals surface area (Å²) in [6.07, 6.45) is 0.969. The molecule has 0 bridgehead atoms. The first kappa shape index (κ1) is 22.8. The minimum atomic E-state index is -0.279. The summed E-state index contributed by atoms with van der Waals surface area (Å²) in [5.41, 5.74) is 0.582. The number of anilines is 1. The van der Waals surface area contributed by atoms with Crippen molar-refractivity contribution in [3.05, 3.63) is 24.3 Å². The second-order valence-electron chi connectivity index (χ2n) is 7.55. The molecule has 1 aromatic carbocycles. The average Bonchev–Trinajstić information content (AvgIpc) is 2.56. The SMILES string of the molecule is COCCCNC(=NCC(=O)NC(C)(C)C)Nc1ccc(OC(C)C)cc1. The molecule has 0 fully saturated rings. The highest BCUT2D eigenvalue weighted by Gasteiger charge is 2.13. The van der Waals surface area contributed by atoms with Crippen molar-refractivity contribution in [2.45, 2.75) is 52.7 Å². The molecule has 0 saturated heterocycles. The van der Waals surface area contributed by atoms with Crippen LogP contribution in [-0.4, -0.2) is 50.3 Å². The summed E-state index contributed by atoms with van der Waals surface area (Å²) in [5, 5.41) is 9.34. The Kier molecular flexibility index (Phi) is 9.64. The molecule has 0 atom stereocenters. The Labute approximate surface area is 162 Å².